The fourth-order valence-corrected chi connectivity index (χ4v) is 3.00. The van der Waals surface area contributed by atoms with Gasteiger partial charge in [-0.05, 0) is 55.0 Å². The Balaban J connectivity index is 2.08. The SMILES string of the molecule is CCC(CC)CNC1CCCc2ccc(OC)cc21. The second-order valence-corrected chi connectivity index (χ2v) is 5.60. The lowest BCUT2D eigenvalue weighted by Gasteiger charge is -2.28. The molecule has 1 aromatic carbocycles. The van der Waals surface area contributed by atoms with E-state index < -0.39 is 0 Å². The van der Waals surface area contributed by atoms with E-state index >= 15 is 0 Å². The summed E-state index contributed by atoms with van der Waals surface area (Å²) >= 11 is 0. The monoisotopic (exact) mass is 261 g/mol. The van der Waals surface area contributed by atoms with Gasteiger partial charge in [0.05, 0.1) is 7.11 Å². The van der Waals surface area contributed by atoms with Crippen molar-refractivity contribution in [3.8, 4) is 5.75 Å². The maximum atomic E-state index is 5.37. The highest BCUT2D eigenvalue weighted by molar-refractivity contribution is 5.39. The van der Waals surface area contributed by atoms with Gasteiger partial charge in [0, 0.05) is 6.04 Å². The molecule has 0 spiro atoms. The molecule has 0 amide bonds. The van der Waals surface area contributed by atoms with E-state index in [0.29, 0.717) is 6.04 Å². The number of ether oxygens (including phenoxy) is 1. The smallest absolute Gasteiger partial charge is 0.119 e. The summed E-state index contributed by atoms with van der Waals surface area (Å²) in [4.78, 5) is 0. The van der Waals surface area contributed by atoms with Gasteiger partial charge < -0.3 is 10.1 Å². The fourth-order valence-electron chi connectivity index (χ4n) is 3.00. The van der Waals surface area contributed by atoms with Crippen LogP contribution in [0.3, 0.4) is 0 Å². The molecule has 0 fully saturated rings. The normalized spacial score (nSPS) is 18.4. The lowest BCUT2D eigenvalue weighted by molar-refractivity contribution is 0.381. The molecule has 0 aliphatic heterocycles. The first-order valence-electron chi connectivity index (χ1n) is 7.68. The molecule has 0 radical (unpaired) electrons. The van der Waals surface area contributed by atoms with Crippen molar-refractivity contribution in [3.63, 3.8) is 0 Å². The van der Waals surface area contributed by atoms with Gasteiger partial charge in [-0.2, -0.15) is 0 Å². The Bertz CT molecular complexity index is 398. The minimum atomic E-state index is 0.513. The summed E-state index contributed by atoms with van der Waals surface area (Å²) in [6.07, 6.45) is 6.28. The zero-order valence-electron chi connectivity index (χ0n) is 12.5. The minimum Gasteiger partial charge on any atom is -0.497 e. The van der Waals surface area contributed by atoms with Crippen molar-refractivity contribution in [2.24, 2.45) is 5.92 Å². The maximum Gasteiger partial charge on any atom is 0.119 e. The molecule has 0 aromatic heterocycles. The molecule has 19 heavy (non-hydrogen) atoms. The van der Waals surface area contributed by atoms with Gasteiger partial charge in [-0.3, -0.25) is 0 Å². The van der Waals surface area contributed by atoms with Crippen LogP contribution in [0, 0.1) is 5.92 Å². The number of aryl methyl sites for hydroxylation is 1. The van der Waals surface area contributed by atoms with Crippen LogP contribution in [0.25, 0.3) is 0 Å². The van der Waals surface area contributed by atoms with E-state index in [1.54, 1.807) is 7.11 Å². The van der Waals surface area contributed by atoms with Gasteiger partial charge in [0.1, 0.15) is 5.75 Å². The Kier molecular flexibility index (Phi) is 5.26. The summed E-state index contributed by atoms with van der Waals surface area (Å²) in [5, 5.41) is 3.78. The molecule has 106 valence electrons. The third-order valence-electron chi connectivity index (χ3n) is 4.47. The highest BCUT2D eigenvalue weighted by Crippen LogP contribution is 2.32. The molecule has 1 atom stereocenters. The second kappa shape index (κ2) is 6.95. The summed E-state index contributed by atoms with van der Waals surface area (Å²) in [7, 11) is 1.75. The standard InChI is InChI=1S/C17H27NO/c1-4-13(5-2)12-18-17-8-6-7-14-9-10-15(19-3)11-16(14)17/h9-11,13,17-18H,4-8,12H2,1-3H3. The van der Waals surface area contributed by atoms with E-state index in [1.807, 2.05) is 0 Å². The Labute approximate surface area is 117 Å². The lowest BCUT2D eigenvalue weighted by Crippen LogP contribution is -2.29. The van der Waals surface area contributed by atoms with Gasteiger partial charge in [0.2, 0.25) is 0 Å². The van der Waals surface area contributed by atoms with Gasteiger partial charge in [0.25, 0.3) is 0 Å². The molecule has 2 rings (SSSR count). The summed E-state index contributed by atoms with van der Waals surface area (Å²) in [6.45, 7) is 5.70. The summed E-state index contributed by atoms with van der Waals surface area (Å²) < 4.78 is 5.37. The van der Waals surface area contributed by atoms with Crippen molar-refractivity contribution in [1.29, 1.82) is 0 Å². The Morgan fingerprint density at radius 1 is 1.32 bits per heavy atom. The van der Waals surface area contributed by atoms with Crippen molar-refractivity contribution in [1.82, 2.24) is 5.32 Å². The second-order valence-electron chi connectivity index (χ2n) is 5.60. The third kappa shape index (κ3) is 3.50. The van der Waals surface area contributed by atoms with Crippen LogP contribution in [0.15, 0.2) is 18.2 Å². The molecule has 2 heteroatoms. The largest absolute Gasteiger partial charge is 0.497 e. The number of hydrogen-bond acceptors (Lipinski definition) is 2. The third-order valence-corrected chi connectivity index (χ3v) is 4.47. The predicted molar refractivity (Wildman–Crippen MR) is 80.7 cm³/mol. The molecular formula is C17H27NO. The van der Waals surface area contributed by atoms with Crippen LogP contribution in [-0.2, 0) is 6.42 Å². The van der Waals surface area contributed by atoms with Gasteiger partial charge in [-0.1, -0.05) is 32.8 Å². The average molecular weight is 261 g/mol. The van der Waals surface area contributed by atoms with Crippen molar-refractivity contribution >= 4 is 0 Å². The first-order chi connectivity index (χ1) is 9.28. The van der Waals surface area contributed by atoms with Crippen molar-refractivity contribution < 1.29 is 4.74 Å². The fraction of sp³-hybridized carbons (Fsp3) is 0.647. The van der Waals surface area contributed by atoms with Crippen molar-refractivity contribution in [2.45, 2.75) is 52.0 Å². The predicted octanol–water partition coefficient (Wildman–Crippen LogP) is 4.10. The Morgan fingerprint density at radius 2 is 2.11 bits per heavy atom. The van der Waals surface area contributed by atoms with Crippen LogP contribution >= 0.6 is 0 Å². The topological polar surface area (TPSA) is 21.3 Å². The molecule has 0 bridgehead atoms. The Hall–Kier alpha value is -1.02. The summed E-state index contributed by atoms with van der Waals surface area (Å²) in [5.74, 6) is 1.78. The average Bonchev–Trinajstić information content (AvgIpc) is 2.47. The maximum absolute atomic E-state index is 5.37. The molecule has 2 nitrogen and oxygen atoms in total. The number of hydrogen-bond donors (Lipinski definition) is 1. The van der Waals surface area contributed by atoms with E-state index in [-0.39, 0.29) is 0 Å². The van der Waals surface area contributed by atoms with Crippen LogP contribution in [0.5, 0.6) is 5.75 Å². The number of rotatable bonds is 6. The van der Waals surface area contributed by atoms with Gasteiger partial charge in [-0.25, -0.2) is 0 Å². The zero-order chi connectivity index (χ0) is 13.7. The summed E-state index contributed by atoms with van der Waals surface area (Å²) in [6, 6.07) is 7.06. The van der Waals surface area contributed by atoms with Gasteiger partial charge in [0.15, 0.2) is 0 Å². The highest BCUT2D eigenvalue weighted by Gasteiger charge is 2.21. The van der Waals surface area contributed by atoms with Crippen LogP contribution in [-0.4, -0.2) is 13.7 Å². The zero-order valence-corrected chi connectivity index (χ0v) is 12.5. The molecule has 1 N–H and O–H groups in total. The lowest BCUT2D eigenvalue weighted by atomic mass is 9.87. The number of methoxy groups -OCH3 is 1. The molecule has 1 unspecified atom stereocenters. The first kappa shape index (κ1) is 14.4. The van der Waals surface area contributed by atoms with Crippen molar-refractivity contribution in [3.05, 3.63) is 29.3 Å². The highest BCUT2D eigenvalue weighted by atomic mass is 16.5. The molecule has 1 aromatic rings. The minimum absolute atomic E-state index is 0.513. The van der Waals surface area contributed by atoms with Gasteiger partial charge in [-0.15, -0.1) is 0 Å². The number of fused-ring (bicyclic) bond motifs is 1. The van der Waals surface area contributed by atoms with Crippen LogP contribution in [0.4, 0.5) is 0 Å². The molecule has 1 aliphatic carbocycles. The van der Waals surface area contributed by atoms with E-state index in [4.69, 9.17) is 4.74 Å². The van der Waals surface area contributed by atoms with Crippen molar-refractivity contribution in [2.75, 3.05) is 13.7 Å². The Morgan fingerprint density at radius 3 is 2.79 bits per heavy atom. The summed E-state index contributed by atoms with van der Waals surface area (Å²) in [5.41, 5.74) is 2.95. The van der Waals surface area contributed by atoms with E-state index in [0.717, 1.165) is 18.2 Å². The molecule has 0 heterocycles. The first-order valence-corrected chi connectivity index (χ1v) is 7.68. The molecule has 0 saturated carbocycles. The van der Waals surface area contributed by atoms with Crippen LogP contribution in [0.2, 0.25) is 0 Å². The van der Waals surface area contributed by atoms with Crippen LogP contribution < -0.4 is 10.1 Å². The molecule has 0 saturated heterocycles. The number of benzene rings is 1. The quantitative estimate of drug-likeness (QED) is 0.832. The molecule has 1 aliphatic rings. The molecular weight excluding hydrogens is 234 g/mol. The van der Waals surface area contributed by atoms with E-state index in [1.165, 1.54) is 43.2 Å². The van der Waals surface area contributed by atoms with E-state index in [2.05, 4.69) is 37.4 Å². The van der Waals surface area contributed by atoms with Gasteiger partial charge >= 0.3 is 0 Å². The van der Waals surface area contributed by atoms with Crippen LogP contribution in [0.1, 0.15) is 56.7 Å². The van der Waals surface area contributed by atoms with E-state index in [9.17, 15) is 0 Å². The number of nitrogens with one attached hydrogen (secondary N) is 1.